The molecule has 2 N–H and O–H groups in total. The van der Waals surface area contributed by atoms with E-state index in [9.17, 15) is 18.0 Å². The molecule has 2 aliphatic heterocycles. The van der Waals surface area contributed by atoms with Crippen LogP contribution >= 0.6 is 0 Å². The fraction of sp³-hybridized carbons (Fsp3) is 0.350. The van der Waals surface area contributed by atoms with Crippen LogP contribution in [0.15, 0.2) is 30.3 Å². The molecular weight excluding hydrogens is 373 g/mol. The molecule has 28 heavy (non-hydrogen) atoms. The van der Waals surface area contributed by atoms with Gasteiger partial charge in [-0.1, -0.05) is 6.07 Å². The predicted molar refractivity (Wildman–Crippen MR) is 94.5 cm³/mol. The molecule has 0 bridgehead atoms. The van der Waals surface area contributed by atoms with E-state index >= 15 is 0 Å². The Bertz CT molecular complexity index is 922. The first-order valence-corrected chi connectivity index (χ1v) is 8.98. The number of nitrogens with zero attached hydrogens (tertiary/aromatic N) is 1. The number of amides is 1. The van der Waals surface area contributed by atoms with Gasteiger partial charge in [0.2, 0.25) is 12.7 Å². The van der Waals surface area contributed by atoms with Crippen LogP contribution in [0.5, 0.6) is 11.5 Å². The summed E-state index contributed by atoms with van der Waals surface area (Å²) >= 11 is 0. The summed E-state index contributed by atoms with van der Waals surface area (Å²) in [6.45, 7) is 0.853. The van der Waals surface area contributed by atoms with Crippen LogP contribution in [0.2, 0.25) is 0 Å². The zero-order valence-electron chi connectivity index (χ0n) is 15.0. The zero-order valence-corrected chi connectivity index (χ0v) is 15.0. The van der Waals surface area contributed by atoms with Gasteiger partial charge in [-0.2, -0.15) is 0 Å². The monoisotopic (exact) mass is 392 g/mol. The van der Waals surface area contributed by atoms with Gasteiger partial charge in [0.25, 0.3) is 0 Å². The molecule has 4 rings (SSSR count). The van der Waals surface area contributed by atoms with E-state index in [1.165, 1.54) is 0 Å². The molecule has 2 aromatic carbocycles. The summed E-state index contributed by atoms with van der Waals surface area (Å²) in [6.07, 6.45) is 0.545. The Morgan fingerprint density at radius 2 is 1.79 bits per heavy atom. The molecule has 8 heteroatoms. The van der Waals surface area contributed by atoms with Crippen molar-refractivity contribution in [2.45, 2.75) is 24.8 Å². The van der Waals surface area contributed by atoms with Crippen LogP contribution in [0.1, 0.15) is 23.5 Å². The van der Waals surface area contributed by atoms with Crippen molar-refractivity contribution in [3.63, 3.8) is 0 Å². The van der Waals surface area contributed by atoms with E-state index in [4.69, 9.17) is 15.2 Å². The molecule has 2 atom stereocenters. The van der Waals surface area contributed by atoms with Crippen molar-refractivity contribution in [1.29, 1.82) is 0 Å². The van der Waals surface area contributed by atoms with Crippen molar-refractivity contribution in [3.8, 4) is 11.5 Å². The summed E-state index contributed by atoms with van der Waals surface area (Å²) < 4.78 is 51.4. The van der Waals surface area contributed by atoms with Crippen LogP contribution in [-0.4, -0.2) is 36.7 Å². The lowest BCUT2D eigenvalue weighted by Gasteiger charge is -2.36. The minimum atomic E-state index is -1.26. The Morgan fingerprint density at radius 1 is 1.04 bits per heavy atom. The van der Waals surface area contributed by atoms with Gasteiger partial charge >= 0.3 is 0 Å². The summed E-state index contributed by atoms with van der Waals surface area (Å²) in [4.78, 5) is 14.1. The highest BCUT2D eigenvalue weighted by atomic mass is 19.2. The quantitative estimate of drug-likeness (QED) is 0.813. The zero-order chi connectivity index (χ0) is 19.8. The maximum absolute atomic E-state index is 14.1. The normalized spacial score (nSPS) is 21.3. The van der Waals surface area contributed by atoms with Crippen LogP contribution in [0.4, 0.5) is 13.2 Å². The third-order valence-electron chi connectivity index (χ3n) is 5.24. The van der Waals surface area contributed by atoms with Gasteiger partial charge < -0.3 is 20.1 Å². The van der Waals surface area contributed by atoms with E-state index in [1.807, 2.05) is 18.2 Å². The van der Waals surface area contributed by atoms with Crippen molar-refractivity contribution in [2.24, 2.45) is 5.73 Å². The second-order valence-corrected chi connectivity index (χ2v) is 7.04. The minimum absolute atomic E-state index is 0.0513. The highest BCUT2D eigenvalue weighted by molar-refractivity contribution is 5.78. The number of hydrogen-bond donors (Lipinski definition) is 1. The fourth-order valence-corrected chi connectivity index (χ4v) is 3.69. The highest BCUT2D eigenvalue weighted by Crippen LogP contribution is 2.33. The molecule has 0 spiro atoms. The molecule has 0 aromatic heterocycles. The van der Waals surface area contributed by atoms with Gasteiger partial charge in [0.1, 0.15) is 5.82 Å². The molecule has 2 aliphatic rings. The first kappa shape index (κ1) is 18.6. The molecule has 0 unspecified atom stereocenters. The van der Waals surface area contributed by atoms with Crippen LogP contribution in [0.25, 0.3) is 0 Å². The number of rotatable bonds is 4. The number of halogens is 3. The third-order valence-corrected chi connectivity index (χ3v) is 5.24. The average molecular weight is 392 g/mol. The number of nitrogens with two attached hydrogens (primary N) is 1. The van der Waals surface area contributed by atoms with Gasteiger partial charge in [0.05, 0.1) is 0 Å². The summed E-state index contributed by atoms with van der Waals surface area (Å²) in [7, 11) is 0. The van der Waals surface area contributed by atoms with Crippen molar-refractivity contribution in [3.05, 3.63) is 58.9 Å². The van der Waals surface area contributed by atoms with Gasteiger partial charge in [-0.05, 0) is 35.7 Å². The lowest BCUT2D eigenvalue weighted by molar-refractivity contribution is -0.134. The summed E-state index contributed by atoms with van der Waals surface area (Å²) in [6, 6.07) is 6.31. The van der Waals surface area contributed by atoms with E-state index in [2.05, 4.69) is 0 Å². The number of benzene rings is 2. The standard InChI is InChI=1S/C20H19F3N2O3/c21-14-8-16(23)15(22)6-12(14)13-7-20(26)25(9-17(13)24)4-3-11-1-2-18-19(5-11)28-10-27-18/h1-2,5-6,8,13,17H,3-4,7,9-10,24H2/t13-,17+/m0/s1. The smallest absolute Gasteiger partial charge is 0.231 e. The molecule has 5 nitrogen and oxygen atoms in total. The van der Waals surface area contributed by atoms with Crippen LogP contribution < -0.4 is 15.2 Å². The fourth-order valence-electron chi connectivity index (χ4n) is 3.69. The number of likely N-dealkylation sites (tertiary alicyclic amines) is 1. The van der Waals surface area contributed by atoms with Crippen LogP contribution in [0, 0.1) is 17.5 Å². The Kier molecular flexibility index (Phi) is 4.89. The van der Waals surface area contributed by atoms with Crippen molar-refractivity contribution >= 4 is 5.91 Å². The maximum atomic E-state index is 14.1. The topological polar surface area (TPSA) is 64.8 Å². The molecule has 0 radical (unpaired) electrons. The van der Waals surface area contributed by atoms with Gasteiger partial charge in [0, 0.05) is 37.5 Å². The van der Waals surface area contributed by atoms with E-state index < -0.39 is 29.4 Å². The number of hydrogen-bond acceptors (Lipinski definition) is 4. The van der Waals surface area contributed by atoms with Crippen LogP contribution in [-0.2, 0) is 11.2 Å². The number of ether oxygens (including phenoxy) is 2. The molecule has 1 amide bonds. The lowest BCUT2D eigenvalue weighted by atomic mass is 9.85. The summed E-state index contributed by atoms with van der Waals surface area (Å²) in [5.74, 6) is -2.82. The minimum Gasteiger partial charge on any atom is -0.454 e. The van der Waals surface area contributed by atoms with Crippen molar-refractivity contribution in [1.82, 2.24) is 4.90 Å². The average Bonchev–Trinajstić information content (AvgIpc) is 3.13. The molecule has 1 fully saturated rings. The van der Waals surface area contributed by atoms with E-state index in [-0.39, 0.29) is 31.2 Å². The summed E-state index contributed by atoms with van der Waals surface area (Å²) in [5, 5.41) is 0. The third kappa shape index (κ3) is 3.52. The molecule has 2 heterocycles. The number of carbonyl (C=O) groups excluding carboxylic acids is 1. The van der Waals surface area contributed by atoms with Gasteiger partial charge in [-0.15, -0.1) is 0 Å². The maximum Gasteiger partial charge on any atom is 0.231 e. The van der Waals surface area contributed by atoms with E-state index in [0.29, 0.717) is 30.5 Å². The van der Waals surface area contributed by atoms with Gasteiger partial charge in [0.15, 0.2) is 23.1 Å². The number of carbonyl (C=O) groups is 1. The SMILES string of the molecule is N[C@@H]1CN(CCc2ccc3c(c2)OCO3)C(=O)C[C@H]1c1cc(F)c(F)cc1F. The molecular formula is C20H19F3N2O3. The largest absolute Gasteiger partial charge is 0.454 e. The van der Waals surface area contributed by atoms with Crippen molar-refractivity contribution in [2.75, 3.05) is 19.9 Å². The highest BCUT2D eigenvalue weighted by Gasteiger charge is 2.34. The molecule has 0 saturated carbocycles. The predicted octanol–water partition coefficient (Wildman–Crippen LogP) is 2.72. The molecule has 2 aromatic rings. The molecule has 0 aliphatic carbocycles. The molecule has 1 saturated heterocycles. The second kappa shape index (κ2) is 7.35. The Labute approximate surface area is 159 Å². The van der Waals surface area contributed by atoms with E-state index in [0.717, 1.165) is 11.6 Å². The number of piperidine rings is 1. The second-order valence-electron chi connectivity index (χ2n) is 7.04. The summed E-state index contributed by atoms with van der Waals surface area (Å²) in [5.41, 5.74) is 7.08. The number of fused-ring (bicyclic) bond motifs is 1. The Hall–Kier alpha value is -2.74. The first-order valence-electron chi connectivity index (χ1n) is 8.98. The Morgan fingerprint density at radius 3 is 2.61 bits per heavy atom. The van der Waals surface area contributed by atoms with Crippen molar-refractivity contribution < 1.29 is 27.4 Å². The van der Waals surface area contributed by atoms with Gasteiger partial charge in [-0.25, -0.2) is 13.2 Å². The first-order chi connectivity index (χ1) is 13.4. The lowest BCUT2D eigenvalue weighted by Crippen LogP contribution is -2.51. The van der Waals surface area contributed by atoms with Gasteiger partial charge in [-0.3, -0.25) is 4.79 Å². The Balaban J connectivity index is 1.43. The molecule has 148 valence electrons. The van der Waals surface area contributed by atoms with E-state index in [1.54, 1.807) is 4.90 Å². The van der Waals surface area contributed by atoms with Crippen LogP contribution in [0.3, 0.4) is 0 Å².